The molecule has 1 aliphatic carbocycles. The molecule has 0 saturated carbocycles. The van der Waals surface area contributed by atoms with Crippen LogP contribution in [0, 0.1) is 5.92 Å². The third-order valence-electron chi connectivity index (χ3n) is 6.00. The lowest BCUT2D eigenvalue weighted by atomic mass is 9.90. The van der Waals surface area contributed by atoms with Crippen LogP contribution in [0.5, 0.6) is 5.75 Å². The third-order valence-corrected chi connectivity index (χ3v) is 6.33. The minimum Gasteiger partial charge on any atom is -0.497 e. The molecule has 1 unspecified atom stereocenters. The number of fused-ring (bicyclic) bond motifs is 1. The van der Waals surface area contributed by atoms with Crippen LogP contribution in [-0.4, -0.2) is 33.3 Å². The Kier molecular flexibility index (Phi) is 5.55. The van der Waals surface area contributed by atoms with Crippen molar-refractivity contribution in [3.05, 3.63) is 64.2 Å². The van der Waals surface area contributed by atoms with E-state index in [0.29, 0.717) is 17.4 Å². The average Bonchev–Trinajstić information content (AvgIpc) is 2.86. The highest BCUT2D eigenvalue weighted by Crippen LogP contribution is 2.38. The molecule has 29 heavy (non-hydrogen) atoms. The Morgan fingerprint density at radius 2 is 1.93 bits per heavy atom. The van der Waals surface area contributed by atoms with Gasteiger partial charge in [0.05, 0.1) is 19.8 Å². The molecule has 0 amide bonds. The van der Waals surface area contributed by atoms with E-state index in [1.807, 2.05) is 12.1 Å². The molecule has 2 aromatic rings. The molecule has 1 heterocycles. The summed E-state index contributed by atoms with van der Waals surface area (Å²) in [5.74, 6) is 1.26. The smallest absolute Gasteiger partial charge is 0.338 e. The van der Waals surface area contributed by atoms with Crippen LogP contribution in [0.1, 0.15) is 36.0 Å². The molecular formula is C24H26ClNO3. The Morgan fingerprint density at radius 3 is 2.62 bits per heavy atom. The topological polar surface area (TPSA) is 38.8 Å². The van der Waals surface area contributed by atoms with E-state index in [9.17, 15) is 4.79 Å². The second-order valence-electron chi connectivity index (χ2n) is 7.92. The molecule has 1 fully saturated rings. The molecule has 5 heteroatoms. The maximum atomic E-state index is 12.4. The van der Waals surface area contributed by atoms with Crippen molar-refractivity contribution in [3.63, 3.8) is 0 Å². The number of allylic oxidation sites excluding steroid dienone is 1. The summed E-state index contributed by atoms with van der Waals surface area (Å²) in [6, 6.07) is 12.3. The van der Waals surface area contributed by atoms with Gasteiger partial charge in [0, 0.05) is 29.7 Å². The molecular weight excluding hydrogens is 386 g/mol. The minimum atomic E-state index is -0.261. The van der Waals surface area contributed by atoms with Crippen molar-refractivity contribution < 1.29 is 14.3 Å². The first-order valence-corrected chi connectivity index (χ1v) is 10.4. The molecule has 0 bridgehead atoms. The van der Waals surface area contributed by atoms with Crippen LogP contribution in [0.25, 0.3) is 5.57 Å². The molecule has 2 aromatic carbocycles. The van der Waals surface area contributed by atoms with Crippen molar-refractivity contribution in [2.24, 2.45) is 5.92 Å². The lowest BCUT2D eigenvalue weighted by Crippen LogP contribution is -2.45. The van der Waals surface area contributed by atoms with Gasteiger partial charge in [-0.2, -0.15) is 0 Å². The normalized spacial score (nSPS) is 19.0. The maximum absolute atomic E-state index is 12.4. The van der Waals surface area contributed by atoms with E-state index in [0.717, 1.165) is 53.5 Å². The van der Waals surface area contributed by atoms with Gasteiger partial charge in [-0.15, -0.1) is 0 Å². The molecule has 1 saturated heterocycles. The van der Waals surface area contributed by atoms with Gasteiger partial charge >= 0.3 is 5.97 Å². The highest BCUT2D eigenvalue weighted by molar-refractivity contribution is 6.31. The van der Waals surface area contributed by atoms with Crippen LogP contribution >= 0.6 is 11.6 Å². The number of hydrogen-bond donors (Lipinski definition) is 0. The van der Waals surface area contributed by atoms with Crippen LogP contribution in [0.3, 0.4) is 0 Å². The number of ether oxygens (including phenoxy) is 2. The number of esters is 1. The first kappa shape index (κ1) is 19.8. The molecule has 152 valence electrons. The summed E-state index contributed by atoms with van der Waals surface area (Å²) in [6.07, 6.45) is 4.06. The average molecular weight is 412 g/mol. The van der Waals surface area contributed by atoms with Crippen molar-refractivity contribution in [1.82, 2.24) is 0 Å². The minimum absolute atomic E-state index is 0.261. The number of rotatable bonds is 4. The maximum Gasteiger partial charge on any atom is 0.338 e. The lowest BCUT2D eigenvalue weighted by Gasteiger charge is -2.42. The van der Waals surface area contributed by atoms with Gasteiger partial charge in [0.25, 0.3) is 0 Å². The summed E-state index contributed by atoms with van der Waals surface area (Å²) >= 11 is 6.45. The summed E-state index contributed by atoms with van der Waals surface area (Å²) in [5, 5.41) is 0.751. The van der Waals surface area contributed by atoms with E-state index in [4.69, 9.17) is 21.1 Å². The van der Waals surface area contributed by atoms with E-state index in [1.54, 1.807) is 7.11 Å². The number of halogens is 1. The first-order valence-electron chi connectivity index (χ1n) is 10.0. The Bertz CT molecular complexity index is 963. The molecule has 0 radical (unpaired) electrons. The number of hydrogen-bond acceptors (Lipinski definition) is 4. The van der Waals surface area contributed by atoms with Crippen LogP contribution in [0.2, 0.25) is 5.02 Å². The number of anilines is 1. The number of nitrogens with zero attached hydrogens (tertiary/aromatic N) is 1. The molecule has 0 aromatic heterocycles. The zero-order valence-corrected chi connectivity index (χ0v) is 17.8. The lowest BCUT2D eigenvalue weighted by molar-refractivity contribution is -0.133. The number of benzene rings is 2. The highest BCUT2D eigenvalue weighted by atomic mass is 35.5. The van der Waals surface area contributed by atoms with Crippen LogP contribution in [0.4, 0.5) is 5.69 Å². The predicted molar refractivity (Wildman–Crippen MR) is 117 cm³/mol. The van der Waals surface area contributed by atoms with E-state index in [1.165, 1.54) is 12.7 Å². The number of methoxy groups -OCH3 is 2. The van der Waals surface area contributed by atoms with Crippen molar-refractivity contribution in [3.8, 4) is 5.75 Å². The molecule has 2 aliphatic rings. The number of carbonyl (C=O) groups is 1. The Balaban J connectivity index is 1.56. The van der Waals surface area contributed by atoms with Gasteiger partial charge in [0.15, 0.2) is 0 Å². The number of carbonyl (C=O) groups excluding carboxylic acids is 1. The second-order valence-corrected chi connectivity index (χ2v) is 8.33. The predicted octanol–water partition coefficient (Wildman–Crippen LogP) is 5.09. The van der Waals surface area contributed by atoms with Gasteiger partial charge in [-0.05, 0) is 59.7 Å². The van der Waals surface area contributed by atoms with Gasteiger partial charge in [0.2, 0.25) is 0 Å². The van der Waals surface area contributed by atoms with Crippen LogP contribution in [-0.2, 0) is 16.0 Å². The fourth-order valence-corrected chi connectivity index (χ4v) is 4.54. The van der Waals surface area contributed by atoms with Gasteiger partial charge in [-0.25, -0.2) is 4.79 Å². The van der Waals surface area contributed by atoms with Gasteiger partial charge in [-0.1, -0.05) is 36.7 Å². The second kappa shape index (κ2) is 8.11. The zero-order chi connectivity index (χ0) is 20.5. The molecule has 1 atom stereocenters. The monoisotopic (exact) mass is 411 g/mol. The summed E-state index contributed by atoms with van der Waals surface area (Å²) in [4.78, 5) is 14.7. The Labute approximate surface area is 177 Å². The molecule has 1 aliphatic heterocycles. The van der Waals surface area contributed by atoms with Crippen LogP contribution in [0.15, 0.2) is 42.5 Å². The van der Waals surface area contributed by atoms with E-state index in [-0.39, 0.29) is 5.97 Å². The third kappa shape index (κ3) is 3.86. The van der Waals surface area contributed by atoms with Crippen LogP contribution < -0.4 is 9.64 Å². The first-order chi connectivity index (χ1) is 14.0. The molecule has 0 N–H and O–H groups in total. The largest absolute Gasteiger partial charge is 0.497 e. The van der Waals surface area contributed by atoms with E-state index < -0.39 is 0 Å². The zero-order valence-electron chi connectivity index (χ0n) is 17.1. The van der Waals surface area contributed by atoms with Gasteiger partial charge in [-0.3, -0.25) is 0 Å². The summed E-state index contributed by atoms with van der Waals surface area (Å²) < 4.78 is 10.3. The summed E-state index contributed by atoms with van der Waals surface area (Å²) in [5.41, 5.74) is 5.19. The fourth-order valence-electron chi connectivity index (χ4n) is 4.21. The van der Waals surface area contributed by atoms with Crippen molar-refractivity contribution in [2.75, 3.05) is 32.2 Å². The molecule has 4 nitrogen and oxygen atoms in total. The molecule has 4 rings (SSSR count). The SMILES string of the molecule is COC(=O)C1=CC(C)CCc2ccc(N3CC(c4ccc(OC)cc4Cl)C3)cc21. The number of aryl methyl sites for hydroxylation is 1. The van der Waals surface area contributed by atoms with E-state index in [2.05, 4.69) is 42.2 Å². The summed E-state index contributed by atoms with van der Waals surface area (Å²) in [7, 11) is 3.09. The highest BCUT2D eigenvalue weighted by Gasteiger charge is 2.31. The Hall–Kier alpha value is -2.46. The van der Waals surface area contributed by atoms with Gasteiger partial charge < -0.3 is 14.4 Å². The summed E-state index contributed by atoms with van der Waals surface area (Å²) in [6.45, 7) is 3.95. The van der Waals surface area contributed by atoms with Crippen molar-refractivity contribution in [2.45, 2.75) is 25.7 Å². The Morgan fingerprint density at radius 1 is 1.14 bits per heavy atom. The van der Waals surface area contributed by atoms with Gasteiger partial charge in [0.1, 0.15) is 5.75 Å². The quantitative estimate of drug-likeness (QED) is 0.657. The standard InChI is InChI=1S/C24H26ClNO3/c1-15-4-5-16-6-7-18(11-21(16)22(10-15)24(27)29-3)26-13-17(14-26)20-9-8-19(28-2)12-23(20)25/h6-12,15,17H,4-5,13-14H2,1-3H3. The van der Waals surface area contributed by atoms with E-state index >= 15 is 0 Å². The van der Waals surface area contributed by atoms with Crippen molar-refractivity contribution in [1.29, 1.82) is 0 Å². The van der Waals surface area contributed by atoms with Crippen molar-refractivity contribution >= 4 is 28.8 Å². The molecule has 0 spiro atoms. The fraction of sp³-hybridized carbons (Fsp3) is 0.375.